The fourth-order valence-corrected chi connectivity index (χ4v) is 2.56. The Kier molecular flexibility index (Phi) is 5.78. The van der Waals surface area contributed by atoms with E-state index >= 15 is 0 Å². The molecule has 0 aliphatic carbocycles. The molecule has 0 atom stereocenters. The van der Waals surface area contributed by atoms with Gasteiger partial charge < -0.3 is 20.1 Å². The van der Waals surface area contributed by atoms with E-state index < -0.39 is 0 Å². The van der Waals surface area contributed by atoms with E-state index in [2.05, 4.69) is 15.6 Å². The third-order valence-electron chi connectivity index (χ3n) is 3.78. The largest absolute Gasteiger partial charge is 0.497 e. The second kappa shape index (κ2) is 8.42. The van der Waals surface area contributed by atoms with Crippen molar-refractivity contribution in [3.63, 3.8) is 0 Å². The maximum absolute atomic E-state index is 12.6. The molecule has 1 amide bonds. The number of ether oxygens (including phenoxy) is 2. The predicted molar refractivity (Wildman–Crippen MR) is 106 cm³/mol. The van der Waals surface area contributed by atoms with E-state index in [0.717, 1.165) is 11.4 Å². The van der Waals surface area contributed by atoms with Crippen LogP contribution in [0.5, 0.6) is 11.5 Å². The monoisotopic (exact) mass is 383 g/mol. The minimum atomic E-state index is -0.360. The van der Waals surface area contributed by atoms with Crippen LogP contribution in [0, 0.1) is 0 Å². The van der Waals surface area contributed by atoms with E-state index in [1.807, 2.05) is 12.1 Å². The SMILES string of the molecule is COc1ccc(OC)c(NC(=O)c2cc(Nc3ccc(Cl)cc3)ccn2)c1. The molecule has 0 spiro atoms. The molecule has 2 aromatic carbocycles. The number of hydrogen-bond donors (Lipinski definition) is 2. The fourth-order valence-electron chi connectivity index (χ4n) is 2.43. The van der Waals surface area contributed by atoms with E-state index in [4.69, 9.17) is 21.1 Å². The molecule has 0 bridgehead atoms. The number of anilines is 3. The Morgan fingerprint density at radius 3 is 2.44 bits per heavy atom. The van der Waals surface area contributed by atoms with Crippen LogP contribution in [-0.4, -0.2) is 25.1 Å². The lowest BCUT2D eigenvalue weighted by Gasteiger charge is -2.12. The molecular weight excluding hydrogens is 366 g/mol. The summed E-state index contributed by atoms with van der Waals surface area (Å²) in [5, 5.41) is 6.66. The number of aromatic nitrogens is 1. The molecule has 0 saturated heterocycles. The first kappa shape index (κ1) is 18.5. The summed E-state index contributed by atoms with van der Waals surface area (Å²) in [6, 6.07) is 15.9. The molecule has 138 valence electrons. The Bertz CT molecular complexity index is 945. The number of carbonyl (C=O) groups is 1. The second-order valence-corrected chi connectivity index (χ2v) is 6.02. The van der Waals surface area contributed by atoms with Gasteiger partial charge in [0, 0.05) is 28.7 Å². The van der Waals surface area contributed by atoms with Crippen molar-refractivity contribution in [1.29, 1.82) is 0 Å². The van der Waals surface area contributed by atoms with Crippen LogP contribution in [0.3, 0.4) is 0 Å². The Morgan fingerprint density at radius 1 is 0.963 bits per heavy atom. The van der Waals surface area contributed by atoms with Crippen molar-refractivity contribution in [3.05, 3.63) is 71.5 Å². The molecule has 2 N–H and O–H groups in total. The Labute approximate surface area is 162 Å². The van der Waals surface area contributed by atoms with Crippen LogP contribution < -0.4 is 20.1 Å². The van der Waals surface area contributed by atoms with Crippen LogP contribution in [0.2, 0.25) is 5.02 Å². The highest BCUT2D eigenvalue weighted by Crippen LogP contribution is 2.29. The molecule has 0 saturated carbocycles. The van der Waals surface area contributed by atoms with Gasteiger partial charge in [0.25, 0.3) is 5.91 Å². The number of benzene rings is 2. The predicted octanol–water partition coefficient (Wildman–Crippen LogP) is 4.75. The number of nitrogens with zero attached hydrogens (tertiary/aromatic N) is 1. The van der Waals surface area contributed by atoms with Gasteiger partial charge in [0.2, 0.25) is 0 Å². The third-order valence-corrected chi connectivity index (χ3v) is 4.03. The van der Waals surface area contributed by atoms with Crippen molar-refractivity contribution in [1.82, 2.24) is 4.98 Å². The molecule has 27 heavy (non-hydrogen) atoms. The van der Waals surface area contributed by atoms with E-state index in [-0.39, 0.29) is 11.6 Å². The second-order valence-electron chi connectivity index (χ2n) is 5.58. The smallest absolute Gasteiger partial charge is 0.274 e. The summed E-state index contributed by atoms with van der Waals surface area (Å²) in [5.41, 5.74) is 2.35. The number of rotatable bonds is 6. The Hall–Kier alpha value is -3.25. The van der Waals surface area contributed by atoms with Crippen LogP contribution >= 0.6 is 11.6 Å². The van der Waals surface area contributed by atoms with Crippen LogP contribution in [0.25, 0.3) is 0 Å². The van der Waals surface area contributed by atoms with Gasteiger partial charge in [-0.1, -0.05) is 11.6 Å². The molecule has 6 nitrogen and oxygen atoms in total. The van der Waals surface area contributed by atoms with Crippen molar-refractivity contribution < 1.29 is 14.3 Å². The van der Waals surface area contributed by atoms with E-state index in [0.29, 0.717) is 22.2 Å². The molecule has 3 aromatic rings. The van der Waals surface area contributed by atoms with Gasteiger partial charge in [0.1, 0.15) is 17.2 Å². The topological polar surface area (TPSA) is 72.5 Å². The third kappa shape index (κ3) is 4.68. The molecule has 1 heterocycles. The summed E-state index contributed by atoms with van der Waals surface area (Å²) in [6.07, 6.45) is 1.57. The highest BCUT2D eigenvalue weighted by atomic mass is 35.5. The van der Waals surface area contributed by atoms with Crippen molar-refractivity contribution in [2.24, 2.45) is 0 Å². The first-order valence-electron chi connectivity index (χ1n) is 8.11. The fraction of sp³-hybridized carbons (Fsp3) is 0.100. The molecule has 3 rings (SSSR count). The number of halogens is 1. The number of pyridine rings is 1. The van der Waals surface area contributed by atoms with E-state index in [9.17, 15) is 4.79 Å². The summed E-state index contributed by atoms with van der Waals surface area (Å²) >= 11 is 5.89. The Morgan fingerprint density at radius 2 is 1.74 bits per heavy atom. The number of hydrogen-bond acceptors (Lipinski definition) is 5. The summed E-state index contributed by atoms with van der Waals surface area (Å²) in [7, 11) is 3.09. The number of methoxy groups -OCH3 is 2. The van der Waals surface area contributed by atoms with E-state index in [1.165, 1.54) is 7.11 Å². The van der Waals surface area contributed by atoms with Gasteiger partial charge in [-0.3, -0.25) is 9.78 Å². The Balaban J connectivity index is 1.78. The van der Waals surface area contributed by atoms with Gasteiger partial charge in [-0.05, 0) is 48.5 Å². The normalized spacial score (nSPS) is 10.2. The van der Waals surface area contributed by atoms with Crippen molar-refractivity contribution in [2.45, 2.75) is 0 Å². The molecule has 0 radical (unpaired) electrons. The minimum absolute atomic E-state index is 0.263. The van der Waals surface area contributed by atoms with Gasteiger partial charge in [-0.25, -0.2) is 0 Å². The van der Waals surface area contributed by atoms with Gasteiger partial charge in [0.05, 0.1) is 19.9 Å². The molecule has 1 aromatic heterocycles. The van der Waals surface area contributed by atoms with E-state index in [1.54, 1.807) is 55.8 Å². The molecule has 0 unspecified atom stereocenters. The summed E-state index contributed by atoms with van der Waals surface area (Å²) < 4.78 is 10.5. The zero-order chi connectivity index (χ0) is 19.2. The van der Waals surface area contributed by atoms with Gasteiger partial charge >= 0.3 is 0 Å². The van der Waals surface area contributed by atoms with Crippen LogP contribution in [0.15, 0.2) is 60.8 Å². The lowest BCUT2D eigenvalue weighted by molar-refractivity contribution is 0.102. The lowest BCUT2D eigenvalue weighted by atomic mass is 10.2. The zero-order valence-electron chi connectivity index (χ0n) is 14.8. The lowest BCUT2D eigenvalue weighted by Crippen LogP contribution is -2.14. The van der Waals surface area contributed by atoms with Crippen molar-refractivity contribution in [3.8, 4) is 11.5 Å². The highest BCUT2D eigenvalue weighted by molar-refractivity contribution is 6.30. The zero-order valence-corrected chi connectivity index (χ0v) is 15.6. The molecule has 0 fully saturated rings. The number of carbonyl (C=O) groups excluding carboxylic acids is 1. The maximum Gasteiger partial charge on any atom is 0.274 e. The van der Waals surface area contributed by atoms with Crippen LogP contribution in [0.4, 0.5) is 17.1 Å². The molecular formula is C20H18ClN3O3. The first-order chi connectivity index (χ1) is 13.1. The van der Waals surface area contributed by atoms with Crippen LogP contribution in [0.1, 0.15) is 10.5 Å². The quantitative estimate of drug-likeness (QED) is 0.642. The molecule has 0 aliphatic rings. The summed E-state index contributed by atoms with van der Waals surface area (Å²) in [5.74, 6) is 0.776. The average molecular weight is 384 g/mol. The maximum atomic E-state index is 12.6. The molecule has 0 aliphatic heterocycles. The van der Waals surface area contributed by atoms with Crippen LogP contribution in [-0.2, 0) is 0 Å². The minimum Gasteiger partial charge on any atom is -0.497 e. The van der Waals surface area contributed by atoms with Crippen molar-refractivity contribution >= 4 is 34.6 Å². The van der Waals surface area contributed by atoms with Gasteiger partial charge in [-0.2, -0.15) is 0 Å². The number of nitrogens with one attached hydrogen (secondary N) is 2. The average Bonchev–Trinajstić information content (AvgIpc) is 2.70. The first-order valence-corrected chi connectivity index (χ1v) is 8.49. The van der Waals surface area contributed by atoms with Gasteiger partial charge in [-0.15, -0.1) is 0 Å². The number of amides is 1. The summed E-state index contributed by atoms with van der Waals surface area (Å²) in [4.78, 5) is 16.8. The van der Waals surface area contributed by atoms with Gasteiger partial charge in [0.15, 0.2) is 0 Å². The summed E-state index contributed by atoms with van der Waals surface area (Å²) in [6.45, 7) is 0. The van der Waals surface area contributed by atoms with Crippen molar-refractivity contribution in [2.75, 3.05) is 24.9 Å². The standard InChI is InChI=1S/C20H18ClN3O3/c1-26-16-7-8-19(27-2)17(12-16)24-20(25)18-11-15(9-10-22-18)23-14-5-3-13(21)4-6-14/h3-12H,1-2H3,(H,22,23)(H,24,25). The molecule has 7 heteroatoms. The highest BCUT2D eigenvalue weighted by Gasteiger charge is 2.13.